The van der Waals surface area contributed by atoms with Crippen molar-refractivity contribution >= 4 is 5.91 Å². The number of aliphatic hydroxyl groups is 2. The highest BCUT2D eigenvalue weighted by atomic mass is 16.3. The molecule has 5 heteroatoms. The second kappa shape index (κ2) is 7.02. The van der Waals surface area contributed by atoms with Crippen LogP contribution in [0, 0.1) is 0 Å². The van der Waals surface area contributed by atoms with E-state index in [1.165, 1.54) is 0 Å². The molecule has 0 bridgehead atoms. The van der Waals surface area contributed by atoms with Gasteiger partial charge in [0.2, 0.25) is 5.91 Å². The summed E-state index contributed by atoms with van der Waals surface area (Å²) in [6, 6.07) is 0. The number of primary amides is 1. The van der Waals surface area contributed by atoms with Gasteiger partial charge in [0, 0.05) is 13.2 Å². The van der Waals surface area contributed by atoms with Crippen LogP contribution in [0.4, 0.5) is 0 Å². The molecule has 0 heterocycles. The van der Waals surface area contributed by atoms with E-state index in [0.29, 0.717) is 6.54 Å². The van der Waals surface area contributed by atoms with Crippen molar-refractivity contribution in [2.24, 2.45) is 5.73 Å². The normalized spacial score (nSPS) is 12.8. The number of rotatable bonds is 7. The van der Waals surface area contributed by atoms with E-state index in [2.05, 4.69) is 5.32 Å². The average molecular weight is 176 g/mol. The molecule has 0 saturated carbocycles. The van der Waals surface area contributed by atoms with Gasteiger partial charge in [-0.3, -0.25) is 4.79 Å². The maximum Gasteiger partial charge on any atom is 0.247 e. The van der Waals surface area contributed by atoms with Gasteiger partial charge in [-0.15, -0.1) is 0 Å². The topological polar surface area (TPSA) is 95.6 Å². The fourth-order valence-electron chi connectivity index (χ4n) is 0.701. The molecule has 1 amide bonds. The van der Waals surface area contributed by atoms with Crippen LogP contribution in [0.1, 0.15) is 12.8 Å². The summed E-state index contributed by atoms with van der Waals surface area (Å²) in [6.07, 6.45) is 0.431. The van der Waals surface area contributed by atoms with Crippen molar-refractivity contribution in [2.75, 3.05) is 19.7 Å². The van der Waals surface area contributed by atoms with Crippen molar-refractivity contribution in [1.82, 2.24) is 5.32 Å². The Balaban J connectivity index is 3.14. The Kier molecular flexibility index (Phi) is 6.64. The van der Waals surface area contributed by atoms with Crippen LogP contribution in [0.5, 0.6) is 0 Å². The smallest absolute Gasteiger partial charge is 0.247 e. The van der Waals surface area contributed by atoms with E-state index in [1.54, 1.807) is 0 Å². The van der Waals surface area contributed by atoms with Gasteiger partial charge in [-0.1, -0.05) is 0 Å². The fourth-order valence-corrected chi connectivity index (χ4v) is 0.701. The van der Waals surface area contributed by atoms with Crippen molar-refractivity contribution in [3.05, 3.63) is 0 Å². The minimum atomic E-state index is -1.11. The average Bonchev–Trinajstić information content (AvgIpc) is 2.03. The third kappa shape index (κ3) is 6.09. The molecule has 0 spiro atoms. The Labute approximate surface area is 71.6 Å². The summed E-state index contributed by atoms with van der Waals surface area (Å²) in [6.45, 7) is 1.02. The van der Waals surface area contributed by atoms with Gasteiger partial charge in [0.25, 0.3) is 0 Å². The van der Waals surface area contributed by atoms with E-state index < -0.39 is 12.0 Å². The lowest BCUT2D eigenvalue weighted by Crippen LogP contribution is -2.37. The highest BCUT2D eigenvalue weighted by Gasteiger charge is 2.08. The lowest BCUT2D eigenvalue weighted by atomic mass is 10.3. The Hall–Kier alpha value is -0.650. The summed E-state index contributed by atoms with van der Waals surface area (Å²) >= 11 is 0. The molecular formula is C7H16N2O3. The fraction of sp³-hybridized carbons (Fsp3) is 0.857. The van der Waals surface area contributed by atoms with Crippen molar-refractivity contribution in [2.45, 2.75) is 18.9 Å². The predicted molar refractivity (Wildman–Crippen MR) is 44.4 cm³/mol. The van der Waals surface area contributed by atoms with Crippen LogP contribution < -0.4 is 11.1 Å². The van der Waals surface area contributed by atoms with Crippen LogP contribution in [-0.4, -0.2) is 41.9 Å². The summed E-state index contributed by atoms with van der Waals surface area (Å²) in [5.41, 5.74) is 4.81. The molecule has 5 nitrogen and oxygen atoms in total. The Morgan fingerprint density at radius 2 is 2.17 bits per heavy atom. The summed E-state index contributed by atoms with van der Waals surface area (Å²) < 4.78 is 0. The van der Waals surface area contributed by atoms with E-state index in [9.17, 15) is 4.79 Å². The van der Waals surface area contributed by atoms with Gasteiger partial charge < -0.3 is 21.3 Å². The lowest BCUT2D eigenvalue weighted by molar-refractivity contribution is -0.125. The van der Waals surface area contributed by atoms with Gasteiger partial charge in [-0.05, 0) is 19.4 Å². The number of nitrogens with one attached hydrogen (secondary N) is 1. The quantitative estimate of drug-likeness (QED) is 0.344. The van der Waals surface area contributed by atoms with Crippen molar-refractivity contribution in [3.8, 4) is 0 Å². The van der Waals surface area contributed by atoms with Gasteiger partial charge in [0.1, 0.15) is 6.10 Å². The molecule has 0 aliphatic heterocycles. The van der Waals surface area contributed by atoms with Crippen LogP contribution in [0.2, 0.25) is 0 Å². The second-order valence-electron chi connectivity index (χ2n) is 2.55. The Bertz CT molecular complexity index is 130. The van der Waals surface area contributed by atoms with Gasteiger partial charge in [-0.2, -0.15) is 0 Å². The Morgan fingerprint density at radius 3 is 2.67 bits per heavy atom. The number of hydrogen-bond acceptors (Lipinski definition) is 4. The molecule has 0 aromatic heterocycles. The van der Waals surface area contributed by atoms with Crippen LogP contribution in [-0.2, 0) is 4.79 Å². The molecule has 0 aromatic rings. The molecule has 0 aliphatic carbocycles. The third-order valence-corrected chi connectivity index (χ3v) is 1.43. The number of hydrogen-bond donors (Lipinski definition) is 4. The van der Waals surface area contributed by atoms with Gasteiger partial charge in [0.15, 0.2) is 0 Å². The predicted octanol–water partition coefficient (Wildman–Crippen LogP) is -1.81. The van der Waals surface area contributed by atoms with Gasteiger partial charge in [0.05, 0.1) is 0 Å². The lowest BCUT2D eigenvalue weighted by Gasteiger charge is -2.07. The van der Waals surface area contributed by atoms with E-state index >= 15 is 0 Å². The second-order valence-corrected chi connectivity index (χ2v) is 2.55. The standard InChI is InChI=1S/C7H16N2O3/c8-7(12)6(11)5-9-3-1-2-4-10/h6,9-11H,1-5H2,(H2,8,12). The molecule has 72 valence electrons. The van der Waals surface area contributed by atoms with Gasteiger partial charge in [-0.25, -0.2) is 0 Å². The first-order chi connectivity index (χ1) is 5.68. The Morgan fingerprint density at radius 1 is 1.50 bits per heavy atom. The summed E-state index contributed by atoms with van der Waals surface area (Å²) in [5.74, 6) is -0.718. The molecule has 1 unspecified atom stereocenters. The van der Waals surface area contributed by atoms with E-state index in [-0.39, 0.29) is 13.2 Å². The molecule has 0 aliphatic rings. The minimum absolute atomic E-state index is 0.167. The highest BCUT2D eigenvalue weighted by molar-refractivity contribution is 5.78. The molecule has 0 radical (unpaired) electrons. The van der Waals surface area contributed by atoms with Crippen molar-refractivity contribution in [1.29, 1.82) is 0 Å². The van der Waals surface area contributed by atoms with E-state index in [0.717, 1.165) is 12.8 Å². The summed E-state index contributed by atoms with van der Waals surface area (Å²) in [5, 5.41) is 20.1. The maximum absolute atomic E-state index is 10.3. The zero-order chi connectivity index (χ0) is 9.40. The highest BCUT2D eigenvalue weighted by Crippen LogP contribution is 1.84. The number of aliphatic hydroxyl groups excluding tert-OH is 2. The number of amides is 1. The first-order valence-electron chi connectivity index (χ1n) is 3.97. The molecule has 0 saturated heterocycles. The van der Waals surface area contributed by atoms with Crippen LogP contribution in [0.3, 0.4) is 0 Å². The van der Waals surface area contributed by atoms with Crippen LogP contribution in [0.15, 0.2) is 0 Å². The molecule has 0 fully saturated rings. The van der Waals surface area contributed by atoms with E-state index in [1.807, 2.05) is 0 Å². The monoisotopic (exact) mass is 176 g/mol. The third-order valence-electron chi connectivity index (χ3n) is 1.43. The summed E-state index contributed by atoms with van der Waals surface area (Å²) in [4.78, 5) is 10.3. The van der Waals surface area contributed by atoms with E-state index in [4.69, 9.17) is 15.9 Å². The van der Waals surface area contributed by atoms with Crippen molar-refractivity contribution < 1.29 is 15.0 Å². The first-order valence-corrected chi connectivity index (χ1v) is 3.97. The molecule has 0 aromatic carbocycles. The molecule has 1 atom stereocenters. The number of unbranched alkanes of at least 4 members (excludes halogenated alkanes) is 1. The largest absolute Gasteiger partial charge is 0.396 e. The molecule has 5 N–H and O–H groups in total. The number of carbonyl (C=O) groups is 1. The zero-order valence-corrected chi connectivity index (χ0v) is 6.99. The SMILES string of the molecule is NC(=O)C(O)CNCCCCO. The van der Waals surface area contributed by atoms with Crippen molar-refractivity contribution in [3.63, 3.8) is 0 Å². The van der Waals surface area contributed by atoms with Crippen LogP contribution >= 0.6 is 0 Å². The number of nitrogens with two attached hydrogens (primary N) is 1. The zero-order valence-electron chi connectivity index (χ0n) is 6.99. The minimum Gasteiger partial charge on any atom is -0.396 e. The molecular weight excluding hydrogens is 160 g/mol. The maximum atomic E-state index is 10.3. The number of carbonyl (C=O) groups excluding carboxylic acids is 1. The molecule has 12 heavy (non-hydrogen) atoms. The first kappa shape index (κ1) is 11.4. The van der Waals surface area contributed by atoms with Crippen LogP contribution in [0.25, 0.3) is 0 Å². The molecule has 0 rings (SSSR count). The summed E-state index contributed by atoms with van der Waals surface area (Å²) in [7, 11) is 0. The van der Waals surface area contributed by atoms with Gasteiger partial charge >= 0.3 is 0 Å².